The summed E-state index contributed by atoms with van der Waals surface area (Å²) in [5.74, 6) is -0.361. The van der Waals surface area contributed by atoms with Crippen molar-refractivity contribution in [1.29, 1.82) is 0 Å². The first-order chi connectivity index (χ1) is 8.63. The fourth-order valence-corrected chi connectivity index (χ4v) is 1.47. The van der Waals surface area contributed by atoms with Crippen LogP contribution in [-0.4, -0.2) is 17.6 Å². The van der Waals surface area contributed by atoms with Crippen molar-refractivity contribution in [2.45, 2.75) is 25.6 Å². The van der Waals surface area contributed by atoms with Crippen LogP contribution in [0.1, 0.15) is 25.0 Å². The van der Waals surface area contributed by atoms with Crippen LogP contribution in [0.15, 0.2) is 24.3 Å². The molecule has 3 N–H and O–H groups in total. The van der Waals surface area contributed by atoms with E-state index < -0.39 is 17.3 Å². The smallest absolute Gasteiger partial charge is 0.384 e. The fraction of sp³-hybridized carbons (Fsp3) is 0.417. The lowest BCUT2D eigenvalue weighted by Gasteiger charge is -2.25. The highest BCUT2D eigenvalue weighted by Crippen LogP contribution is 2.31. The maximum absolute atomic E-state index is 12.6. The molecule has 4 nitrogen and oxygen atoms in total. The minimum absolute atomic E-state index is 0.111. The Morgan fingerprint density at radius 3 is 2.42 bits per heavy atom. The Hall–Kier alpha value is -1.60. The first kappa shape index (κ1) is 15.5. The molecule has 106 valence electrons. The second kappa shape index (κ2) is 5.58. The van der Waals surface area contributed by atoms with Crippen molar-refractivity contribution in [2.75, 3.05) is 6.54 Å². The molecule has 0 spiro atoms. The average molecular weight is 276 g/mol. The number of hydrogen-bond donors (Lipinski definition) is 3. The Balaban J connectivity index is 2.86. The van der Waals surface area contributed by atoms with Crippen LogP contribution in [0, 0.1) is 0 Å². The lowest BCUT2D eigenvalue weighted by atomic mass is 9.94. The number of rotatable bonds is 4. The van der Waals surface area contributed by atoms with Crippen LogP contribution in [0.25, 0.3) is 0 Å². The predicted molar refractivity (Wildman–Crippen MR) is 62.8 cm³/mol. The van der Waals surface area contributed by atoms with E-state index in [-0.39, 0.29) is 18.0 Å². The van der Waals surface area contributed by atoms with E-state index in [1.807, 2.05) is 0 Å². The molecule has 0 saturated carbocycles. The van der Waals surface area contributed by atoms with E-state index >= 15 is 0 Å². The summed E-state index contributed by atoms with van der Waals surface area (Å²) >= 11 is 0. The number of aliphatic hydroxyl groups is 1. The molecule has 1 aromatic rings. The molecule has 1 rings (SSSR count). The Morgan fingerprint density at radius 1 is 1.32 bits per heavy atom. The Labute approximate surface area is 108 Å². The Morgan fingerprint density at radius 2 is 1.89 bits per heavy atom. The van der Waals surface area contributed by atoms with Gasteiger partial charge in [0.1, 0.15) is 5.60 Å². The lowest BCUT2D eigenvalue weighted by molar-refractivity contribution is -0.137. The number of hydrogen-bond acceptors (Lipinski definition) is 3. The Bertz CT molecular complexity index is 459. The van der Waals surface area contributed by atoms with Gasteiger partial charge in [-0.1, -0.05) is 12.1 Å². The normalized spacial score (nSPS) is 14.8. The van der Waals surface area contributed by atoms with Gasteiger partial charge >= 0.3 is 6.18 Å². The highest BCUT2D eigenvalue weighted by Gasteiger charge is 2.32. The van der Waals surface area contributed by atoms with Crippen molar-refractivity contribution in [3.63, 3.8) is 0 Å². The molecule has 0 aromatic heterocycles. The van der Waals surface area contributed by atoms with Gasteiger partial charge in [-0.15, -0.1) is 0 Å². The topological polar surface area (TPSA) is 61.4 Å². The number of hydrazine groups is 1. The molecule has 0 radical (unpaired) electrons. The third-order valence-electron chi connectivity index (χ3n) is 2.51. The number of halogens is 3. The van der Waals surface area contributed by atoms with Gasteiger partial charge in [0.25, 0.3) is 0 Å². The maximum Gasteiger partial charge on any atom is 0.416 e. The van der Waals surface area contributed by atoms with E-state index in [4.69, 9.17) is 0 Å². The molecule has 0 bridgehead atoms. The molecule has 0 aliphatic rings. The molecular formula is C12H15F3N2O2. The standard InChI is InChI=1S/C12H15F3N2O2/c1-8(18)17-16-7-11(2,19)9-4-3-5-10(6-9)12(13,14)15/h3-6,16,19H,7H2,1-2H3,(H,17,18). The van der Waals surface area contributed by atoms with Crippen LogP contribution in [0.2, 0.25) is 0 Å². The molecular weight excluding hydrogens is 261 g/mol. The summed E-state index contributed by atoms with van der Waals surface area (Å²) in [5, 5.41) is 10.1. The minimum Gasteiger partial charge on any atom is -0.384 e. The third-order valence-corrected chi connectivity index (χ3v) is 2.51. The number of amides is 1. The van der Waals surface area contributed by atoms with Crippen LogP contribution < -0.4 is 10.9 Å². The zero-order chi connectivity index (χ0) is 14.7. The minimum atomic E-state index is -4.46. The second-order valence-electron chi connectivity index (χ2n) is 4.39. The Kier molecular flexibility index (Phi) is 4.54. The third kappa shape index (κ3) is 4.53. The van der Waals surface area contributed by atoms with Crippen LogP contribution in [0.3, 0.4) is 0 Å². The quantitative estimate of drug-likeness (QED) is 0.731. The molecule has 0 fully saturated rings. The van der Waals surface area contributed by atoms with Crippen molar-refractivity contribution in [1.82, 2.24) is 10.9 Å². The molecule has 7 heteroatoms. The molecule has 1 aromatic carbocycles. The van der Waals surface area contributed by atoms with Gasteiger partial charge in [-0.2, -0.15) is 13.2 Å². The summed E-state index contributed by atoms with van der Waals surface area (Å²) < 4.78 is 37.7. The summed E-state index contributed by atoms with van der Waals surface area (Å²) in [7, 11) is 0. The predicted octanol–water partition coefficient (Wildman–Crippen LogP) is 1.55. The van der Waals surface area contributed by atoms with Gasteiger partial charge in [0.05, 0.1) is 5.56 Å². The van der Waals surface area contributed by atoms with E-state index in [9.17, 15) is 23.1 Å². The van der Waals surface area contributed by atoms with Gasteiger partial charge in [0.2, 0.25) is 5.91 Å². The lowest BCUT2D eigenvalue weighted by Crippen LogP contribution is -2.44. The fourth-order valence-electron chi connectivity index (χ4n) is 1.47. The zero-order valence-corrected chi connectivity index (χ0v) is 10.5. The molecule has 0 aliphatic carbocycles. The molecule has 19 heavy (non-hydrogen) atoms. The van der Waals surface area contributed by atoms with E-state index in [0.717, 1.165) is 12.1 Å². The number of nitrogens with one attached hydrogen (secondary N) is 2. The summed E-state index contributed by atoms with van der Waals surface area (Å²) in [6, 6.07) is 4.44. The van der Waals surface area contributed by atoms with Crippen LogP contribution in [0.5, 0.6) is 0 Å². The molecule has 0 aliphatic heterocycles. The van der Waals surface area contributed by atoms with Crippen molar-refractivity contribution < 1.29 is 23.1 Å². The van der Waals surface area contributed by atoms with Gasteiger partial charge < -0.3 is 5.11 Å². The van der Waals surface area contributed by atoms with E-state index in [1.54, 1.807) is 0 Å². The summed E-state index contributed by atoms with van der Waals surface area (Å²) in [5.41, 5.74) is 2.44. The van der Waals surface area contributed by atoms with Gasteiger partial charge in [-0.05, 0) is 24.6 Å². The largest absolute Gasteiger partial charge is 0.416 e. The highest BCUT2D eigenvalue weighted by molar-refractivity contribution is 5.72. The van der Waals surface area contributed by atoms with Crippen molar-refractivity contribution in [3.8, 4) is 0 Å². The van der Waals surface area contributed by atoms with Gasteiger partial charge in [-0.25, -0.2) is 5.43 Å². The summed E-state index contributed by atoms with van der Waals surface area (Å²) in [6.45, 7) is 2.51. The summed E-state index contributed by atoms with van der Waals surface area (Å²) in [6.07, 6.45) is -4.46. The van der Waals surface area contributed by atoms with Crippen LogP contribution in [-0.2, 0) is 16.6 Å². The molecule has 0 saturated heterocycles. The average Bonchev–Trinajstić information content (AvgIpc) is 2.27. The van der Waals surface area contributed by atoms with Gasteiger partial charge in [-0.3, -0.25) is 10.2 Å². The SMILES string of the molecule is CC(=O)NNCC(C)(O)c1cccc(C(F)(F)F)c1. The maximum atomic E-state index is 12.6. The number of carbonyl (C=O) groups is 1. The van der Waals surface area contributed by atoms with Crippen molar-refractivity contribution >= 4 is 5.91 Å². The molecule has 1 amide bonds. The first-order valence-electron chi connectivity index (χ1n) is 5.52. The number of carbonyl (C=O) groups excluding carboxylic acids is 1. The number of benzene rings is 1. The number of alkyl halides is 3. The van der Waals surface area contributed by atoms with E-state index in [0.29, 0.717) is 0 Å². The van der Waals surface area contributed by atoms with E-state index in [1.165, 1.54) is 26.0 Å². The highest BCUT2D eigenvalue weighted by atomic mass is 19.4. The van der Waals surface area contributed by atoms with Gasteiger partial charge in [0, 0.05) is 13.5 Å². The zero-order valence-electron chi connectivity index (χ0n) is 10.5. The van der Waals surface area contributed by atoms with Crippen LogP contribution in [0.4, 0.5) is 13.2 Å². The van der Waals surface area contributed by atoms with E-state index in [2.05, 4.69) is 10.9 Å². The van der Waals surface area contributed by atoms with Crippen LogP contribution >= 0.6 is 0 Å². The van der Waals surface area contributed by atoms with Crippen molar-refractivity contribution in [3.05, 3.63) is 35.4 Å². The van der Waals surface area contributed by atoms with Crippen molar-refractivity contribution in [2.24, 2.45) is 0 Å². The second-order valence-corrected chi connectivity index (χ2v) is 4.39. The first-order valence-corrected chi connectivity index (χ1v) is 5.52. The monoisotopic (exact) mass is 276 g/mol. The molecule has 1 unspecified atom stereocenters. The van der Waals surface area contributed by atoms with Gasteiger partial charge in [0.15, 0.2) is 0 Å². The molecule has 0 heterocycles. The molecule has 1 atom stereocenters. The summed E-state index contributed by atoms with van der Waals surface area (Å²) in [4.78, 5) is 10.6.